The number of nitrogens with zero attached hydrogens (tertiary/aromatic N) is 2. The monoisotopic (exact) mass is 426 g/mol. The topological polar surface area (TPSA) is 73.9 Å². The van der Waals surface area contributed by atoms with Crippen LogP contribution >= 0.6 is 12.2 Å². The molecule has 0 spiro atoms. The van der Waals surface area contributed by atoms with E-state index in [9.17, 15) is 8.42 Å². The molecule has 1 aromatic rings. The van der Waals surface area contributed by atoms with Gasteiger partial charge in [0.15, 0.2) is 5.11 Å². The van der Waals surface area contributed by atoms with Crippen molar-refractivity contribution in [1.82, 2.24) is 9.62 Å². The first-order chi connectivity index (χ1) is 13.4. The van der Waals surface area contributed by atoms with Gasteiger partial charge < -0.3 is 20.3 Å². The predicted octanol–water partition coefficient (Wildman–Crippen LogP) is 2.39. The quantitative estimate of drug-likeness (QED) is 0.677. The van der Waals surface area contributed by atoms with Gasteiger partial charge in [-0.2, -0.15) is 4.31 Å². The predicted molar refractivity (Wildman–Crippen MR) is 117 cm³/mol. The normalized spacial score (nSPS) is 20.7. The largest absolute Gasteiger partial charge is 0.376 e. The molecule has 3 rings (SSSR count). The lowest BCUT2D eigenvalue weighted by atomic mass is 10.2. The maximum absolute atomic E-state index is 13.0. The highest BCUT2D eigenvalue weighted by atomic mass is 32.2. The molecule has 2 N–H and O–H groups in total. The van der Waals surface area contributed by atoms with Crippen LogP contribution in [-0.4, -0.2) is 64.3 Å². The van der Waals surface area contributed by atoms with Crippen LogP contribution in [0, 0.1) is 0 Å². The average molecular weight is 427 g/mol. The Hall–Kier alpha value is -1.42. The van der Waals surface area contributed by atoms with Crippen molar-refractivity contribution in [1.29, 1.82) is 0 Å². The van der Waals surface area contributed by atoms with Gasteiger partial charge in [0.25, 0.3) is 0 Å². The van der Waals surface area contributed by atoms with Gasteiger partial charge in [-0.3, -0.25) is 0 Å². The van der Waals surface area contributed by atoms with Gasteiger partial charge in [-0.25, -0.2) is 8.42 Å². The van der Waals surface area contributed by atoms with Crippen molar-refractivity contribution in [3.63, 3.8) is 0 Å². The molecule has 1 atom stereocenters. The summed E-state index contributed by atoms with van der Waals surface area (Å²) in [4.78, 5) is 2.23. The van der Waals surface area contributed by atoms with Crippen molar-refractivity contribution in [2.45, 2.75) is 43.1 Å². The molecule has 28 heavy (non-hydrogen) atoms. The Morgan fingerprint density at radius 1 is 1.25 bits per heavy atom. The number of nitrogens with one attached hydrogen (secondary N) is 2. The summed E-state index contributed by atoms with van der Waals surface area (Å²) in [6.45, 7) is 2.62. The van der Waals surface area contributed by atoms with E-state index in [2.05, 4.69) is 10.6 Å². The third-order valence-electron chi connectivity index (χ3n) is 5.17. The Bertz CT molecular complexity index is 786. The lowest BCUT2D eigenvalue weighted by Crippen LogP contribution is -2.36. The summed E-state index contributed by atoms with van der Waals surface area (Å²) in [7, 11) is 0.341. The van der Waals surface area contributed by atoms with E-state index in [1.807, 2.05) is 25.1 Å². The second kappa shape index (κ2) is 9.39. The molecule has 2 fully saturated rings. The summed E-state index contributed by atoms with van der Waals surface area (Å²) in [6.07, 6.45) is 5.20. The SMILES string of the molecule is CN(C)c1ccc(S(=O)(=O)N2CCCCC2)cc1NC(=S)NC[C@H]1CCCO1. The second-order valence-corrected chi connectivity index (χ2v) is 9.85. The Morgan fingerprint density at radius 3 is 2.64 bits per heavy atom. The van der Waals surface area contributed by atoms with Crippen molar-refractivity contribution < 1.29 is 13.2 Å². The summed E-state index contributed by atoms with van der Waals surface area (Å²) in [5.41, 5.74) is 1.55. The molecule has 0 aliphatic carbocycles. The molecule has 0 amide bonds. The average Bonchev–Trinajstić information content (AvgIpc) is 3.20. The van der Waals surface area contributed by atoms with E-state index in [0.717, 1.165) is 44.4 Å². The molecule has 7 nitrogen and oxygen atoms in total. The van der Waals surface area contributed by atoms with Crippen LogP contribution < -0.4 is 15.5 Å². The van der Waals surface area contributed by atoms with Crippen LogP contribution in [0.2, 0.25) is 0 Å². The van der Waals surface area contributed by atoms with Crippen molar-refractivity contribution in [2.75, 3.05) is 50.6 Å². The van der Waals surface area contributed by atoms with Gasteiger partial charge in [0.2, 0.25) is 10.0 Å². The molecule has 2 heterocycles. The van der Waals surface area contributed by atoms with E-state index in [0.29, 0.717) is 35.3 Å². The standard InChI is InChI=1S/C19H30N4O3S2/c1-22(2)18-9-8-16(28(24,25)23-10-4-3-5-11-23)13-17(18)21-19(27)20-14-15-7-6-12-26-15/h8-9,13,15H,3-7,10-12,14H2,1-2H3,(H2,20,21,27)/t15-/m1/s1. The van der Waals surface area contributed by atoms with Crippen LogP contribution in [0.3, 0.4) is 0 Å². The highest BCUT2D eigenvalue weighted by molar-refractivity contribution is 7.89. The van der Waals surface area contributed by atoms with Gasteiger partial charge in [-0.15, -0.1) is 0 Å². The maximum atomic E-state index is 13.0. The first-order valence-corrected chi connectivity index (χ1v) is 11.7. The van der Waals surface area contributed by atoms with E-state index < -0.39 is 10.0 Å². The summed E-state index contributed by atoms with van der Waals surface area (Å²) >= 11 is 5.42. The fraction of sp³-hybridized carbons (Fsp3) is 0.632. The third kappa shape index (κ3) is 5.14. The minimum Gasteiger partial charge on any atom is -0.376 e. The number of sulfonamides is 1. The molecule has 0 aromatic heterocycles. The molecule has 0 radical (unpaired) electrons. The summed E-state index contributed by atoms with van der Waals surface area (Å²) < 4.78 is 33.2. The zero-order chi connectivity index (χ0) is 20.1. The summed E-state index contributed by atoms with van der Waals surface area (Å²) in [5.74, 6) is 0. The highest BCUT2D eigenvalue weighted by Gasteiger charge is 2.27. The van der Waals surface area contributed by atoms with E-state index in [1.54, 1.807) is 16.4 Å². The number of hydrogen-bond donors (Lipinski definition) is 2. The minimum atomic E-state index is -3.50. The number of benzene rings is 1. The van der Waals surface area contributed by atoms with Gasteiger partial charge in [0, 0.05) is 40.3 Å². The van der Waals surface area contributed by atoms with Gasteiger partial charge in [-0.1, -0.05) is 6.42 Å². The van der Waals surface area contributed by atoms with Crippen LogP contribution in [0.25, 0.3) is 0 Å². The van der Waals surface area contributed by atoms with Gasteiger partial charge in [0.1, 0.15) is 0 Å². The highest BCUT2D eigenvalue weighted by Crippen LogP contribution is 2.30. The number of hydrogen-bond acceptors (Lipinski definition) is 5. The molecule has 1 aromatic carbocycles. The molecule has 2 saturated heterocycles. The molecule has 0 saturated carbocycles. The van der Waals surface area contributed by atoms with E-state index in [1.165, 1.54) is 0 Å². The molecule has 156 valence electrons. The Labute approximate surface area is 173 Å². The zero-order valence-corrected chi connectivity index (χ0v) is 18.2. The number of piperidine rings is 1. The lowest BCUT2D eigenvalue weighted by molar-refractivity contribution is 0.114. The van der Waals surface area contributed by atoms with E-state index in [4.69, 9.17) is 17.0 Å². The Morgan fingerprint density at radius 2 is 2.00 bits per heavy atom. The Balaban J connectivity index is 1.76. The lowest BCUT2D eigenvalue weighted by Gasteiger charge is -2.27. The zero-order valence-electron chi connectivity index (χ0n) is 16.6. The first-order valence-electron chi connectivity index (χ1n) is 9.86. The van der Waals surface area contributed by atoms with Crippen molar-refractivity contribution in [2.24, 2.45) is 0 Å². The second-order valence-electron chi connectivity index (χ2n) is 7.51. The van der Waals surface area contributed by atoms with Crippen LogP contribution in [-0.2, 0) is 14.8 Å². The van der Waals surface area contributed by atoms with Gasteiger partial charge in [0.05, 0.1) is 22.4 Å². The molecular formula is C19H30N4O3S2. The van der Waals surface area contributed by atoms with Crippen molar-refractivity contribution in [3.8, 4) is 0 Å². The van der Waals surface area contributed by atoms with E-state index in [-0.39, 0.29) is 6.10 Å². The van der Waals surface area contributed by atoms with Crippen molar-refractivity contribution >= 4 is 38.7 Å². The minimum absolute atomic E-state index is 0.180. The fourth-order valence-corrected chi connectivity index (χ4v) is 5.34. The van der Waals surface area contributed by atoms with Crippen LogP contribution in [0.1, 0.15) is 32.1 Å². The fourth-order valence-electron chi connectivity index (χ4n) is 3.60. The summed E-state index contributed by atoms with van der Waals surface area (Å²) in [5, 5.41) is 6.81. The smallest absolute Gasteiger partial charge is 0.243 e. The molecule has 0 unspecified atom stereocenters. The van der Waals surface area contributed by atoms with Crippen LogP contribution in [0.5, 0.6) is 0 Å². The molecule has 9 heteroatoms. The number of thiocarbonyl (C=S) groups is 1. The first kappa shape index (κ1) is 21.3. The Kier molecular flexibility index (Phi) is 7.14. The molecule has 0 bridgehead atoms. The third-order valence-corrected chi connectivity index (χ3v) is 7.31. The number of ether oxygens (including phenoxy) is 1. The van der Waals surface area contributed by atoms with Crippen LogP contribution in [0.15, 0.2) is 23.1 Å². The van der Waals surface area contributed by atoms with E-state index >= 15 is 0 Å². The number of anilines is 2. The summed E-state index contributed by atoms with van der Waals surface area (Å²) in [6, 6.07) is 5.18. The maximum Gasteiger partial charge on any atom is 0.243 e. The molecule has 2 aliphatic rings. The molecule has 2 aliphatic heterocycles. The van der Waals surface area contributed by atoms with Crippen LogP contribution in [0.4, 0.5) is 11.4 Å². The van der Waals surface area contributed by atoms with Gasteiger partial charge in [-0.05, 0) is 56.1 Å². The van der Waals surface area contributed by atoms with Crippen molar-refractivity contribution in [3.05, 3.63) is 18.2 Å². The number of rotatable bonds is 6. The van der Waals surface area contributed by atoms with Gasteiger partial charge >= 0.3 is 0 Å². The molecular weight excluding hydrogens is 396 g/mol.